The van der Waals surface area contributed by atoms with Crippen molar-refractivity contribution in [3.8, 4) is 0 Å². The first-order valence-electron chi connectivity index (χ1n) is 4.63. The first-order valence-corrected chi connectivity index (χ1v) is 4.63. The van der Waals surface area contributed by atoms with E-state index in [-0.39, 0.29) is 18.4 Å². The van der Waals surface area contributed by atoms with E-state index in [1.54, 1.807) is 0 Å². The van der Waals surface area contributed by atoms with E-state index in [4.69, 9.17) is 0 Å². The number of hydrogen-bond donors (Lipinski definition) is 2. The molecule has 0 aromatic rings. The standard InChI is InChI=1S/C10H15F3N2O/c1-7(15-3)4-9(10(11,12)13)8(6-16)5-14-2/h4,6,14-15H,5H2,1-3H3/b7-4?,9-8+. The average molecular weight is 236 g/mol. The van der Waals surface area contributed by atoms with Crippen LogP contribution < -0.4 is 10.6 Å². The van der Waals surface area contributed by atoms with E-state index in [0.29, 0.717) is 5.70 Å². The third-order valence-corrected chi connectivity index (χ3v) is 1.92. The van der Waals surface area contributed by atoms with Crippen molar-refractivity contribution in [2.24, 2.45) is 0 Å². The maximum absolute atomic E-state index is 12.7. The molecule has 6 heteroatoms. The maximum atomic E-state index is 12.7. The summed E-state index contributed by atoms with van der Waals surface area (Å²) in [7, 11) is 2.99. The zero-order valence-corrected chi connectivity index (χ0v) is 9.40. The summed E-state index contributed by atoms with van der Waals surface area (Å²) in [6.07, 6.45) is -3.40. The van der Waals surface area contributed by atoms with Gasteiger partial charge in [0, 0.05) is 24.9 Å². The molecular formula is C10H15F3N2O. The second-order valence-corrected chi connectivity index (χ2v) is 3.16. The lowest BCUT2D eigenvalue weighted by molar-refractivity contribution is -0.107. The Morgan fingerprint density at radius 3 is 2.19 bits per heavy atom. The van der Waals surface area contributed by atoms with E-state index in [1.807, 2.05) is 0 Å². The number of likely N-dealkylation sites (N-methyl/N-ethyl adjacent to an activating group) is 1. The molecule has 0 rings (SSSR count). The number of rotatable bonds is 5. The quantitative estimate of drug-likeness (QED) is 0.430. The van der Waals surface area contributed by atoms with Crippen molar-refractivity contribution in [1.82, 2.24) is 10.6 Å². The fourth-order valence-corrected chi connectivity index (χ4v) is 1.04. The average Bonchev–Trinajstić information content (AvgIpc) is 2.21. The van der Waals surface area contributed by atoms with Gasteiger partial charge in [0.15, 0.2) is 0 Å². The molecule has 0 heterocycles. The second kappa shape index (κ2) is 6.32. The Morgan fingerprint density at radius 1 is 1.31 bits per heavy atom. The molecule has 0 aliphatic heterocycles. The molecule has 0 amide bonds. The van der Waals surface area contributed by atoms with Gasteiger partial charge >= 0.3 is 6.18 Å². The van der Waals surface area contributed by atoms with Crippen LogP contribution >= 0.6 is 0 Å². The Labute approximate surface area is 92.4 Å². The number of hydrogen-bond acceptors (Lipinski definition) is 3. The van der Waals surface area contributed by atoms with Gasteiger partial charge in [-0.3, -0.25) is 4.79 Å². The van der Waals surface area contributed by atoms with Crippen molar-refractivity contribution in [3.05, 3.63) is 22.9 Å². The highest BCUT2D eigenvalue weighted by molar-refractivity contribution is 5.76. The van der Waals surface area contributed by atoms with Crippen LogP contribution in [0.1, 0.15) is 6.92 Å². The van der Waals surface area contributed by atoms with Crippen LogP contribution in [0.3, 0.4) is 0 Å². The monoisotopic (exact) mass is 236 g/mol. The molecule has 16 heavy (non-hydrogen) atoms. The lowest BCUT2D eigenvalue weighted by Gasteiger charge is -2.12. The predicted molar refractivity (Wildman–Crippen MR) is 55.9 cm³/mol. The molecule has 0 unspecified atom stereocenters. The molecule has 0 aliphatic rings. The van der Waals surface area contributed by atoms with Gasteiger partial charge in [-0.2, -0.15) is 13.2 Å². The summed E-state index contributed by atoms with van der Waals surface area (Å²) in [5.41, 5.74) is -0.906. The van der Waals surface area contributed by atoms with Gasteiger partial charge in [0.2, 0.25) is 0 Å². The van der Waals surface area contributed by atoms with E-state index in [9.17, 15) is 18.0 Å². The molecule has 0 fully saturated rings. The molecule has 0 spiro atoms. The molecule has 0 aromatic heterocycles. The van der Waals surface area contributed by atoms with Gasteiger partial charge in [-0.15, -0.1) is 0 Å². The van der Waals surface area contributed by atoms with Gasteiger partial charge < -0.3 is 10.6 Å². The summed E-state index contributed by atoms with van der Waals surface area (Å²) in [6, 6.07) is 0. The molecule has 92 valence electrons. The number of nitrogens with one attached hydrogen (secondary N) is 2. The van der Waals surface area contributed by atoms with Crippen LogP contribution in [0.5, 0.6) is 0 Å². The molecule has 0 saturated carbocycles. The first kappa shape index (κ1) is 14.7. The van der Waals surface area contributed by atoms with E-state index in [2.05, 4.69) is 10.6 Å². The highest BCUT2D eigenvalue weighted by Crippen LogP contribution is 2.29. The Balaban J connectivity index is 5.46. The summed E-state index contributed by atoms with van der Waals surface area (Å²) in [6.45, 7) is 1.37. The van der Waals surface area contributed by atoms with Crippen molar-refractivity contribution >= 4 is 6.29 Å². The van der Waals surface area contributed by atoms with Gasteiger partial charge in [-0.1, -0.05) is 0 Å². The number of carbonyl (C=O) groups excluding carboxylic acids is 1. The molecule has 0 atom stereocenters. The highest BCUT2D eigenvalue weighted by atomic mass is 19.4. The van der Waals surface area contributed by atoms with Gasteiger partial charge in [-0.05, 0) is 20.0 Å². The Kier molecular flexibility index (Phi) is 5.81. The molecule has 3 nitrogen and oxygen atoms in total. The van der Waals surface area contributed by atoms with Crippen LogP contribution in [0.25, 0.3) is 0 Å². The first-order chi connectivity index (χ1) is 7.36. The molecule has 0 aliphatic carbocycles. The van der Waals surface area contributed by atoms with Crippen LogP contribution in [-0.4, -0.2) is 33.1 Å². The summed E-state index contributed by atoms with van der Waals surface area (Å²) >= 11 is 0. The molecule has 0 aromatic carbocycles. The van der Waals surface area contributed by atoms with Crippen LogP contribution in [0.15, 0.2) is 22.9 Å². The minimum absolute atomic E-state index is 0.119. The number of allylic oxidation sites excluding steroid dienone is 3. The summed E-state index contributed by atoms with van der Waals surface area (Å²) < 4.78 is 38.0. The minimum atomic E-state index is -4.54. The van der Waals surface area contributed by atoms with Gasteiger partial charge in [0.25, 0.3) is 0 Å². The van der Waals surface area contributed by atoms with Crippen molar-refractivity contribution in [2.75, 3.05) is 20.6 Å². The van der Waals surface area contributed by atoms with Crippen molar-refractivity contribution in [3.63, 3.8) is 0 Å². The summed E-state index contributed by atoms with van der Waals surface area (Å²) in [4.78, 5) is 10.6. The molecule has 0 bridgehead atoms. The SMILES string of the molecule is CNC/C(C=O)=C(/C=C(C)NC)C(F)(F)F. The van der Waals surface area contributed by atoms with Crippen LogP contribution in [-0.2, 0) is 4.79 Å². The predicted octanol–water partition coefficient (Wildman–Crippen LogP) is 1.39. The summed E-state index contributed by atoms with van der Waals surface area (Å²) in [5, 5.41) is 5.10. The Hall–Kier alpha value is -1.30. The maximum Gasteiger partial charge on any atom is 0.416 e. The molecular weight excluding hydrogens is 221 g/mol. The van der Waals surface area contributed by atoms with E-state index in [1.165, 1.54) is 21.0 Å². The Bertz CT molecular complexity index is 306. The second-order valence-electron chi connectivity index (χ2n) is 3.16. The number of halogens is 3. The summed E-state index contributed by atoms with van der Waals surface area (Å²) in [5.74, 6) is 0. The van der Waals surface area contributed by atoms with Crippen LogP contribution in [0, 0.1) is 0 Å². The zero-order chi connectivity index (χ0) is 12.8. The number of carbonyl (C=O) groups is 1. The normalized spacial score (nSPS) is 14.5. The zero-order valence-electron chi connectivity index (χ0n) is 9.40. The highest BCUT2D eigenvalue weighted by Gasteiger charge is 2.34. The Morgan fingerprint density at radius 2 is 1.88 bits per heavy atom. The molecule has 2 N–H and O–H groups in total. The van der Waals surface area contributed by atoms with Crippen molar-refractivity contribution < 1.29 is 18.0 Å². The van der Waals surface area contributed by atoms with E-state index in [0.717, 1.165) is 6.08 Å². The lowest BCUT2D eigenvalue weighted by Crippen LogP contribution is -2.21. The third kappa shape index (κ3) is 4.48. The van der Waals surface area contributed by atoms with Gasteiger partial charge in [0.1, 0.15) is 6.29 Å². The largest absolute Gasteiger partial charge is 0.416 e. The van der Waals surface area contributed by atoms with E-state index >= 15 is 0 Å². The fourth-order valence-electron chi connectivity index (χ4n) is 1.04. The van der Waals surface area contributed by atoms with Crippen molar-refractivity contribution in [2.45, 2.75) is 13.1 Å². The molecule has 0 saturated heterocycles. The number of alkyl halides is 3. The van der Waals surface area contributed by atoms with Crippen molar-refractivity contribution in [1.29, 1.82) is 0 Å². The topological polar surface area (TPSA) is 41.1 Å². The van der Waals surface area contributed by atoms with E-state index < -0.39 is 11.7 Å². The smallest absolute Gasteiger partial charge is 0.392 e. The van der Waals surface area contributed by atoms with Gasteiger partial charge in [0.05, 0.1) is 5.57 Å². The van der Waals surface area contributed by atoms with Crippen LogP contribution in [0.2, 0.25) is 0 Å². The molecule has 0 radical (unpaired) electrons. The number of aldehydes is 1. The van der Waals surface area contributed by atoms with Crippen LogP contribution in [0.4, 0.5) is 13.2 Å². The fraction of sp³-hybridized carbons (Fsp3) is 0.500. The van der Waals surface area contributed by atoms with Gasteiger partial charge in [-0.25, -0.2) is 0 Å². The lowest BCUT2D eigenvalue weighted by atomic mass is 10.1. The third-order valence-electron chi connectivity index (χ3n) is 1.92. The minimum Gasteiger partial charge on any atom is -0.392 e.